The minimum atomic E-state index is -0.510. The van der Waals surface area contributed by atoms with E-state index in [1.807, 2.05) is 13.0 Å². The van der Waals surface area contributed by atoms with E-state index in [9.17, 15) is 14.7 Å². The molecule has 0 bridgehead atoms. The highest BCUT2D eigenvalue weighted by Crippen LogP contribution is 2.25. The lowest BCUT2D eigenvalue weighted by atomic mass is 10.1. The molecule has 0 heterocycles. The zero-order valence-electron chi connectivity index (χ0n) is 15.7. The van der Waals surface area contributed by atoms with Gasteiger partial charge in [-0.05, 0) is 50.1 Å². The first kappa shape index (κ1) is 19.8. The maximum atomic E-state index is 12.2. The maximum Gasteiger partial charge on any atom is 0.273 e. The Morgan fingerprint density at radius 2 is 1.85 bits per heavy atom. The summed E-state index contributed by atoms with van der Waals surface area (Å²) in [6.07, 6.45) is 1.30. The van der Waals surface area contributed by atoms with Gasteiger partial charge in [0, 0.05) is 11.8 Å². The third-order valence-corrected chi connectivity index (χ3v) is 3.82. The van der Waals surface area contributed by atoms with E-state index in [0.29, 0.717) is 22.7 Å². The first-order valence-electron chi connectivity index (χ1n) is 8.30. The number of hydrazine groups is 1. The summed E-state index contributed by atoms with van der Waals surface area (Å²) in [5.41, 5.74) is 7.78. The van der Waals surface area contributed by atoms with Crippen LogP contribution in [0.2, 0.25) is 0 Å². The minimum absolute atomic E-state index is 0.0808. The monoisotopic (exact) mass is 369 g/mol. The topological polar surface area (TPSA) is 99.7 Å². The number of allylic oxidation sites excluding steroid dienone is 1. The lowest BCUT2D eigenvalue weighted by Gasteiger charge is -2.12. The molecule has 0 aromatic heterocycles. The molecule has 2 amide bonds. The number of hydrogen-bond acceptors (Lipinski definition) is 5. The Hall–Kier alpha value is -3.48. The Balaban J connectivity index is 1.99. The van der Waals surface area contributed by atoms with Crippen molar-refractivity contribution in [3.05, 3.63) is 64.9 Å². The van der Waals surface area contributed by atoms with Gasteiger partial charge in [0.15, 0.2) is 0 Å². The molecule has 0 atom stereocenters. The summed E-state index contributed by atoms with van der Waals surface area (Å²) in [5.74, 6) is -0.417. The Labute approximate surface area is 158 Å². The number of carbonyl (C=O) groups excluding carboxylic acids is 2. The summed E-state index contributed by atoms with van der Waals surface area (Å²) in [7, 11) is 1.53. The number of benzene rings is 2. The largest absolute Gasteiger partial charge is 0.507 e. The zero-order valence-corrected chi connectivity index (χ0v) is 15.7. The van der Waals surface area contributed by atoms with Crippen molar-refractivity contribution in [2.45, 2.75) is 20.8 Å². The number of ether oxygens (including phenoxy) is 1. The van der Waals surface area contributed by atoms with Crippen LogP contribution in [0.4, 0.5) is 5.69 Å². The van der Waals surface area contributed by atoms with Crippen molar-refractivity contribution >= 4 is 17.5 Å². The van der Waals surface area contributed by atoms with Gasteiger partial charge in [-0.1, -0.05) is 18.2 Å². The molecular formula is C20H23N3O4. The SMILES string of the molecule is COc1ccc(C)cc1NC(=O)C=C(C)NNC(=O)c1cccc(C)c1O. The number of phenolic OH excluding ortho intramolecular Hbond substituents is 1. The molecule has 2 aromatic carbocycles. The van der Waals surface area contributed by atoms with E-state index >= 15 is 0 Å². The number of carbonyl (C=O) groups is 2. The number of anilines is 1. The Morgan fingerprint density at radius 1 is 1.11 bits per heavy atom. The molecule has 0 spiro atoms. The number of rotatable bonds is 6. The van der Waals surface area contributed by atoms with E-state index in [4.69, 9.17) is 4.74 Å². The van der Waals surface area contributed by atoms with Crippen molar-refractivity contribution in [2.24, 2.45) is 0 Å². The van der Waals surface area contributed by atoms with Crippen molar-refractivity contribution in [3.63, 3.8) is 0 Å². The lowest BCUT2D eigenvalue weighted by Crippen LogP contribution is -2.36. The van der Waals surface area contributed by atoms with Crippen LogP contribution in [0.15, 0.2) is 48.2 Å². The summed E-state index contributed by atoms with van der Waals surface area (Å²) < 4.78 is 5.22. The van der Waals surface area contributed by atoms with E-state index in [-0.39, 0.29) is 17.2 Å². The summed E-state index contributed by atoms with van der Waals surface area (Å²) in [6.45, 7) is 5.24. The normalized spacial score (nSPS) is 10.9. The highest BCUT2D eigenvalue weighted by Gasteiger charge is 2.12. The number of para-hydroxylation sites is 1. The molecular weight excluding hydrogens is 346 g/mol. The van der Waals surface area contributed by atoms with Crippen LogP contribution in [0.1, 0.15) is 28.4 Å². The number of aromatic hydroxyl groups is 1. The molecule has 7 nitrogen and oxygen atoms in total. The fraction of sp³-hybridized carbons (Fsp3) is 0.200. The van der Waals surface area contributed by atoms with Crippen LogP contribution in [0.5, 0.6) is 11.5 Å². The van der Waals surface area contributed by atoms with Crippen LogP contribution in [-0.4, -0.2) is 24.0 Å². The van der Waals surface area contributed by atoms with Gasteiger partial charge >= 0.3 is 0 Å². The Kier molecular flexibility index (Phi) is 6.43. The van der Waals surface area contributed by atoms with Crippen molar-refractivity contribution < 1.29 is 19.4 Å². The molecule has 0 aliphatic heterocycles. The quantitative estimate of drug-likeness (QED) is 0.463. The average Bonchev–Trinajstić information content (AvgIpc) is 2.62. The molecule has 4 N–H and O–H groups in total. The molecule has 2 rings (SSSR count). The zero-order chi connectivity index (χ0) is 20.0. The Morgan fingerprint density at radius 3 is 2.56 bits per heavy atom. The highest BCUT2D eigenvalue weighted by molar-refractivity contribution is 6.01. The van der Waals surface area contributed by atoms with Gasteiger partial charge in [-0.25, -0.2) is 0 Å². The first-order chi connectivity index (χ1) is 12.8. The minimum Gasteiger partial charge on any atom is -0.507 e. The van der Waals surface area contributed by atoms with Crippen molar-refractivity contribution in [3.8, 4) is 11.5 Å². The van der Waals surface area contributed by atoms with Gasteiger partial charge in [0.1, 0.15) is 11.5 Å². The molecule has 7 heteroatoms. The molecule has 0 saturated heterocycles. The molecule has 0 saturated carbocycles. The van der Waals surface area contributed by atoms with Gasteiger partial charge in [0.25, 0.3) is 5.91 Å². The first-order valence-corrected chi connectivity index (χ1v) is 8.30. The van der Waals surface area contributed by atoms with E-state index in [2.05, 4.69) is 16.2 Å². The predicted octanol–water partition coefficient (Wildman–Crippen LogP) is 2.79. The molecule has 27 heavy (non-hydrogen) atoms. The molecule has 0 radical (unpaired) electrons. The van der Waals surface area contributed by atoms with Crippen molar-refractivity contribution in [1.29, 1.82) is 0 Å². The summed E-state index contributed by atoms with van der Waals surface area (Å²) >= 11 is 0. The molecule has 142 valence electrons. The maximum absolute atomic E-state index is 12.2. The van der Waals surface area contributed by atoms with Crippen LogP contribution in [0.3, 0.4) is 0 Å². The van der Waals surface area contributed by atoms with E-state index in [1.54, 1.807) is 38.1 Å². The second-order valence-electron chi connectivity index (χ2n) is 6.07. The number of nitrogens with one attached hydrogen (secondary N) is 3. The van der Waals surface area contributed by atoms with E-state index in [0.717, 1.165) is 5.56 Å². The number of hydrogen-bond donors (Lipinski definition) is 4. The van der Waals surface area contributed by atoms with Crippen LogP contribution in [0.25, 0.3) is 0 Å². The highest BCUT2D eigenvalue weighted by atomic mass is 16.5. The van der Waals surface area contributed by atoms with Gasteiger partial charge in [-0.15, -0.1) is 0 Å². The van der Waals surface area contributed by atoms with Crippen LogP contribution < -0.4 is 20.9 Å². The van der Waals surface area contributed by atoms with Crippen LogP contribution >= 0.6 is 0 Å². The molecule has 0 aliphatic carbocycles. The van der Waals surface area contributed by atoms with Crippen molar-refractivity contribution in [1.82, 2.24) is 10.9 Å². The molecule has 2 aromatic rings. The standard InChI is InChI=1S/C20H23N3O4/c1-12-8-9-17(27-4)16(10-12)21-18(24)11-14(3)22-23-20(26)15-7-5-6-13(2)19(15)25/h5-11,22,25H,1-4H3,(H,21,24)(H,23,26). The fourth-order valence-electron chi connectivity index (χ4n) is 2.39. The average molecular weight is 369 g/mol. The van der Waals surface area contributed by atoms with E-state index in [1.165, 1.54) is 19.3 Å². The van der Waals surface area contributed by atoms with Crippen molar-refractivity contribution in [2.75, 3.05) is 12.4 Å². The number of amides is 2. The van der Waals surface area contributed by atoms with Gasteiger partial charge in [0.2, 0.25) is 5.91 Å². The molecule has 0 fully saturated rings. The van der Waals surface area contributed by atoms with Gasteiger partial charge in [0.05, 0.1) is 18.4 Å². The van der Waals surface area contributed by atoms with E-state index < -0.39 is 5.91 Å². The van der Waals surface area contributed by atoms with Gasteiger partial charge < -0.3 is 20.6 Å². The van der Waals surface area contributed by atoms with Crippen LogP contribution in [-0.2, 0) is 4.79 Å². The smallest absolute Gasteiger partial charge is 0.273 e. The lowest BCUT2D eigenvalue weighted by molar-refractivity contribution is -0.112. The molecule has 0 unspecified atom stereocenters. The van der Waals surface area contributed by atoms with Gasteiger partial charge in [-0.2, -0.15) is 0 Å². The number of phenols is 1. The number of methoxy groups -OCH3 is 1. The number of aryl methyl sites for hydroxylation is 2. The summed E-state index contributed by atoms with van der Waals surface area (Å²) in [5, 5.41) is 12.7. The Bertz CT molecular complexity index is 891. The third-order valence-electron chi connectivity index (χ3n) is 3.82. The van der Waals surface area contributed by atoms with Crippen LogP contribution in [0, 0.1) is 13.8 Å². The van der Waals surface area contributed by atoms with Gasteiger partial charge in [-0.3, -0.25) is 15.0 Å². The second-order valence-corrected chi connectivity index (χ2v) is 6.07. The molecule has 0 aliphatic rings. The second kappa shape index (κ2) is 8.75. The fourth-order valence-corrected chi connectivity index (χ4v) is 2.39. The summed E-state index contributed by atoms with van der Waals surface area (Å²) in [6, 6.07) is 10.3. The third kappa shape index (κ3) is 5.24. The predicted molar refractivity (Wildman–Crippen MR) is 104 cm³/mol. The summed E-state index contributed by atoms with van der Waals surface area (Å²) in [4.78, 5) is 24.3.